The number of fused-ring (bicyclic) bond motifs is 1. The number of nitrogen functional groups attached to an aromatic ring is 1. The van der Waals surface area contributed by atoms with Crippen LogP contribution in [0.15, 0.2) is 35.4 Å². The third-order valence-electron chi connectivity index (χ3n) is 4.17. The molecule has 6 nitrogen and oxygen atoms in total. The molecule has 0 radical (unpaired) electrons. The highest BCUT2D eigenvalue weighted by molar-refractivity contribution is 6.47. The molecule has 0 fully saturated rings. The first-order valence-electron chi connectivity index (χ1n) is 8.37. The number of ether oxygens (including phenoxy) is 3. The number of halogens is 1. The number of nitrogens with two attached hydrogens (primary N) is 1. The fraction of sp³-hybridized carbons (Fsp3) is 0.250. The number of allylic oxidation sites excluding steroid dienone is 1. The Balaban J connectivity index is 1.93. The van der Waals surface area contributed by atoms with E-state index in [1.165, 1.54) is 0 Å². The number of ketones is 1. The molecule has 0 amide bonds. The van der Waals surface area contributed by atoms with Crippen molar-refractivity contribution in [2.75, 3.05) is 45.1 Å². The topological polar surface area (TPSA) is 74.0 Å². The van der Waals surface area contributed by atoms with Gasteiger partial charge in [0.15, 0.2) is 11.5 Å². The van der Waals surface area contributed by atoms with E-state index in [1.54, 1.807) is 43.5 Å². The van der Waals surface area contributed by atoms with Crippen LogP contribution in [0, 0.1) is 0 Å². The van der Waals surface area contributed by atoms with Crippen molar-refractivity contribution in [2.24, 2.45) is 0 Å². The van der Waals surface area contributed by atoms with Crippen LogP contribution in [0.5, 0.6) is 17.2 Å². The van der Waals surface area contributed by atoms with Crippen LogP contribution in [0.1, 0.15) is 15.9 Å². The number of carbonyl (C=O) groups excluding carboxylic acids is 1. The third-order valence-corrected chi connectivity index (χ3v) is 4.45. The Kier molecular flexibility index (Phi) is 5.46. The smallest absolute Gasteiger partial charge is 0.204 e. The van der Waals surface area contributed by atoms with Gasteiger partial charge < -0.3 is 24.8 Å². The Bertz CT molecular complexity index is 909. The van der Waals surface area contributed by atoms with Crippen LogP contribution in [0.3, 0.4) is 0 Å². The fourth-order valence-corrected chi connectivity index (χ4v) is 3.05. The van der Waals surface area contributed by atoms with Crippen molar-refractivity contribution in [3.8, 4) is 17.2 Å². The Morgan fingerprint density at radius 3 is 2.44 bits per heavy atom. The van der Waals surface area contributed by atoms with Gasteiger partial charge in [-0.2, -0.15) is 0 Å². The average molecular weight is 389 g/mol. The van der Waals surface area contributed by atoms with E-state index in [4.69, 9.17) is 31.5 Å². The first-order valence-corrected chi connectivity index (χ1v) is 8.75. The predicted molar refractivity (Wildman–Crippen MR) is 107 cm³/mol. The molecule has 1 heterocycles. The molecule has 2 aromatic rings. The van der Waals surface area contributed by atoms with Crippen molar-refractivity contribution in [2.45, 2.75) is 0 Å². The maximum absolute atomic E-state index is 12.7. The summed E-state index contributed by atoms with van der Waals surface area (Å²) in [6.07, 6.45) is 1.55. The van der Waals surface area contributed by atoms with Crippen molar-refractivity contribution in [3.05, 3.63) is 46.5 Å². The van der Waals surface area contributed by atoms with E-state index in [1.807, 2.05) is 19.0 Å². The van der Waals surface area contributed by atoms with E-state index in [0.717, 1.165) is 5.69 Å². The van der Waals surface area contributed by atoms with Crippen molar-refractivity contribution in [1.29, 1.82) is 0 Å². The molecule has 2 aromatic carbocycles. The van der Waals surface area contributed by atoms with Crippen LogP contribution in [0.4, 0.5) is 11.4 Å². The van der Waals surface area contributed by atoms with E-state index in [2.05, 4.69) is 0 Å². The number of benzene rings is 2. The maximum Gasteiger partial charge on any atom is 0.204 e. The second-order valence-electron chi connectivity index (χ2n) is 6.23. The third kappa shape index (κ3) is 3.95. The maximum atomic E-state index is 12.7. The van der Waals surface area contributed by atoms with Gasteiger partial charge in [-0.05, 0) is 30.3 Å². The average Bonchev–Trinajstić information content (AvgIpc) is 2.66. The molecule has 0 spiro atoms. The molecule has 0 aromatic heterocycles. The molecular weight excluding hydrogens is 368 g/mol. The standard InChI is InChI=1S/C20H21ClN2O4/c1-23(2)16-5-4-12(9-15(16)22)20(24)14(21)8-13-10-18-19(11-17(13)25-3)27-7-6-26-18/h4-5,8-11H,6-7,22H2,1-3H3/b14-8+. The SMILES string of the molecule is COc1cc2c(cc1/C=C(/Cl)C(=O)c1ccc(N(C)C)c(N)c1)OCCO2. The molecule has 142 valence electrons. The summed E-state index contributed by atoms with van der Waals surface area (Å²) in [7, 11) is 5.31. The summed E-state index contributed by atoms with van der Waals surface area (Å²) in [4.78, 5) is 14.6. The van der Waals surface area contributed by atoms with Gasteiger partial charge in [0, 0.05) is 31.3 Å². The number of Topliss-reactive ketones (excluding diaryl/α,β-unsaturated/α-hetero) is 1. The molecule has 1 aliphatic heterocycles. The Labute approximate surface area is 163 Å². The molecule has 0 aliphatic carbocycles. The highest BCUT2D eigenvalue weighted by Gasteiger charge is 2.18. The molecule has 7 heteroatoms. The first kappa shape index (κ1) is 18.9. The second-order valence-corrected chi connectivity index (χ2v) is 6.63. The van der Waals surface area contributed by atoms with Crippen LogP contribution < -0.4 is 24.8 Å². The van der Waals surface area contributed by atoms with Crippen molar-refractivity contribution < 1.29 is 19.0 Å². The molecule has 3 rings (SSSR count). The predicted octanol–water partition coefficient (Wildman–Crippen LogP) is 3.58. The summed E-state index contributed by atoms with van der Waals surface area (Å²) in [6, 6.07) is 8.57. The van der Waals surface area contributed by atoms with Gasteiger partial charge in [0.25, 0.3) is 0 Å². The van der Waals surface area contributed by atoms with Crippen LogP contribution in [0.2, 0.25) is 0 Å². The Morgan fingerprint density at radius 2 is 1.85 bits per heavy atom. The fourth-order valence-electron chi connectivity index (χ4n) is 2.82. The second kappa shape index (κ2) is 7.80. The Hall–Kier alpha value is -2.86. The molecule has 0 atom stereocenters. The number of carbonyl (C=O) groups is 1. The van der Waals surface area contributed by atoms with Gasteiger partial charge in [0.2, 0.25) is 5.78 Å². The zero-order valence-corrected chi connectivity index (χ0v) is 16.2. The number of hydrogen-bond acceptors (Lipinski definition) is 6. The van der Waals surface area contributed by atoms with Crippen molar-refractivity contribution in [1.82, 2.24) is 0 Å². The minimum absolute atomic E-state index is 0.0435. The quantitative estimate of drug-likeness (QED) is 0.479. The molecule has 1 aliphatic rings. The van der Waals surface area contributed by atoms with Gasteiger partial charge in [0.1, 0.15) is 19.0 Å². The summed E-state index contributed by atoms with van der Waals surface area (Å²) in [5, 5.41) is 0.0435. The van der Waals surface area contributed by atoms with Crippen LogP contribution >= 0.6 is 11.6 Å². The molecule has 27 heavy (non-hydrogen) atoms. The number of rotatable bonds is 5. The number of hydrogen-bond donors (Lipinski definition) is 1. The minimum atomic E-state index is -0.328. The van der Waals surface area contributed by atoms with Gasteiger partial charge in [-0.3, -0.25) is 4.79 Å². The van der Waals surface area contributed by atoms with Gasteiger partial charge in [-0.15, -0.1) is 0 Å². The van der Waals surface area contributed by atoms with Gasteiger partial charge in [0.05, 0.1) is 23.5 Å². The summed E-state index contributed by atoms with van der Waals surface area (Å²) >= 11 is 6.30. The molecule has 0 saturated carbocycles. The van der Waals surface area contributed by atoms with E-state index in [-0.39, 0.29) is 10.8 Å². The van der Waals surface area contributed by atoms with E-state index >= 15 is 0 Å². The lowest BCUT2D eigenvalue weighted by Gasteiger charge is -2.20. The lowest BCUT2D eigenvalue weighted by Crippen LogP contribution is -2.15. The molecule has 0 bridgehead atoms. The van der Waals surface area contributed by atoms with E-state index < -0.39 is 0 Å². The highest BCUT2D eigenvalue weighted by atomic mass is 35.5. The minimum Gasteiger partial charge on any atom is -0.496 e. The lowest BCUT2D eigenvalue weighted by molar-refractivity contribution is 0.104. The number of anilines is 2. The van der Waals surface area contributed by atoms with Gasteiger partial charge in [-0.25, -0.2) is 0 Å². The zero-order valence-electron chi connectivity index (χ0n) is 15.4. The van der Waals surface area contributed by atoms with E-state index in [9.17, 15) is 4.79 Å². The molecule has 0 saturated heterocycles. The monoisotopic (exact) mass is 388 g/mol. The summed E-state index contributed by atoms with van der Waals surface area (Å²) < 4.78 is 16.5. The lowest BCUT2D eigenvalue weighted by atomic mass is 10.1. The van der Waals surface area contributed by atoms with E-state index in [0.29, 0.717) is 47.3 Å². The molecular formula is C20H21ClN2O4. The van der Waals surface area contributed by atoms with Gasteiger partial charge >= 0.3 is 0 Å². The Morgan fingerprint density at radius 1 is 1.19 bits per heavy atom. The summed E-state index contributed by atoms with van der Waals surface area (Å²) in [5.74, 6) is 1.40. The van der Waals surface area contributed by atoms with Crippen molar-refractivity contribution >= 4 is 34.8 Å². The first-order chi connectivity index (χ1) is 12.9. The highest BCUT2D eigenvalue weighted by Crippen LogP contribution is 2.38. The number of nitrogens with zero attached hydrogens (tertiary/aromatic N) is 1. The van der Waals surface area contributed by atoms with Crippen molar-refractivity contribution in [3.63, 3.8) is 0 Å². The van der Waals surface area contributed by atoms with Gasteiger partial charge in [-0.1, -0.05) is 11.6 Å². The largest absolute Gasteiger partial charge is 0.496 e. The number of methoxy groups -OCH3 is 1. The van der Waals surface area contributed by atoms with Crippen LogP contribution in [-0.4, -0.2) is 40.2 Å². The summed E-state index contributed by atoms with van der Waals surface area (Å²) in [6.45, 7) is 0.946. The molecule has 0 unspecified atom stereocenters. The van der Waals surface area contributed by atoms with Crippen LogP contribution in [-0.2, 0) is 0 Å². The molecule has 2 N–H and O–H groups in total. The normalized spacial score (nSPS) is 13.3. The summed E-state index contributed by atoms with van der Waals surface area (Å²) in [5.41, 5.74) is 8.40. The van der Waals surface area contributed by atoms with Crippen LogP contribution in [0.25, 0.3) is 6.08 Å². The zero-order chi connectivity index (χ0) is 19.6.